The molecule has 2 rings (SSSR count). The van der Waals surface area contributed by atoms with E-state index < -0.39 is 17.7 Å². The first kappa shape index (κ1) is 19.2. The Labute approximate surface area is 155 Å². The summed E-state index contributed by atoms with van der Waals surface area (Å²) in [5.41, 5.74) is 0.568. The van der Waals surface area contributed by atoms with Gasteiger partial charge in [-0.25, -0.2) is 4.39 Å². The second kappa shape index (κ2) is 8.83. The van der Waals surface area contributed by atoms with Crippen LogP contribution in [-0.4, -0.2) is 30.4 Å². The number of hydrogen-bond donors (Lipinski definition) is 0. The van der Waals surface area contributed by atoms with E-state index in [0.717, 1.165) is 5.56 Å². The second-order valence-electron chi connectivity index (χ2n) is 5.28. The molecule has 25 heavy (non-hydrogen) atoms. The molecule has 0 heterocycles. The van der Waals surface area contributed by atoms with E-state index in [0.29, 0.717) is 5.02 Å². The Morgan fingerprint density at radius 1 is 1.12 bits per heavy atom. The van der Waals surface area contributed by atoms with Gasteiger partial charge in [-0.2, -0.15) is 0 Å². The molecule has 0 saturated heterocycles. The SMILES string of the molecule is COC(=O)CCN(Cc1ccc(Cl)cc1)C(=O)c1c(F)cccc1Cl. The highest BCUT2D eigenvalue weighted by molar-refractivity contribution is 6.33. The molecule has 0 aliphatic rings. The Hall–Kier alpha value is -2.11. The van der Waals surface area contributed by atoms with E-state index in [1.165, 1.54) is 30.2 Å². The van der Waals surface area contributed by atoms with E-state index in [1.54, 1.807) is 24.3 Å². The lowest BCUT2D eigenvalue weighted by atomic mass is 10.1. The average Bonchev–Trinajstić information content (AvgIpc) is 2.59. The van der Waals surface area contributed by atoms with E-state index in [1.807, 2.05) is 0 Å². The summed E-state index contributed by atoms with van der Waals surface area (Å²) in [6, 6.07) is 10.9. The number of nitrogens with zero attached hydrogens (tertiary/aromatic N) is 1. The Morgan fingerprint density at radius 2 is 1.80 bits per heavy atom. The number of ether oxygens (including phenoxy) is 1. The molecule has 0 fully saturated rings. The maximum absolute atomic E-state index is 14.1. The minimum atomic E-state index is -0.711. The fourth-order valence-corrected chi connectivity index (χ4v) is 2.62. The summed E-state index contributed by atoms with van der Waals surface area (Å²) in [5, 5.41) is 0.581. The van der Waals surface area contributed by atoms with E-state index in [4.69, 9.17) is 23.2 Å². The van der Waals surface area contributed by atoms with Gasteiger partial charge in [0.2, 0.25) is 0 Å². The number of carbonyl (C=O) groups excluding carboxylic acids is 2. The molecule has 132 valence electrons. The monoisotopic (exact) mass is 383 g/mol. The quantitative estimate of drug-likeness (QED) is 0.697. The van der Waals surface area contributed by atoms with Gasteiger partial charge in [0.05, 0.1) is 24.1 Å². The van der Waals surface area contributed by atoms with Crippen LogP contribution in [0, 0.1) is 5.82 Å². The van der Waals surface area contributed by atoms with Gasteiger partial charge in [0.1, 0.15) is 5.82 Å². The highest BCUT2D eigenvalue weighted by Crippen LogP contribution is 2.22. The summed E-state index contributed by atoms with van der Waals surface area (Å²) >= 11 is 11.8. The highest BCUT2D eigenvalue weighted by atomic mass is 35.5. The van der Waals surface area contributed by atoms with Gasteiger partial charge >= 0.3 is 5.97 Å². The first-order valence-electron chi connectivity index (χ1n) is 7.47. The normalized spacial score (nSPS) is 10.4. The van der Waals surface area contributed by atoms with E-state index in [2.05, 4.69) is 4.74 Å². The molecule has 0 aromatic heterocycles. The predicted octanol–water partition coefficient (Wildman–Crippen LogP) is 4.34. The smallest absolute Gasteiger partial charge is 0.307 e. The number of amides is 1. The standard InChI is InChI=1S/C18H16Cl2FNO3/c1-25-16(23)9-10-22(11-12-5-7-13(19)8-6-12)18(24)17-14(20)3-2-4-15(17)21/h2-8H,9-11H2,1H3. The number of benzene rings is 2. The molecule has 0 unspecified atom stereocenters. The lowest BCUT2D eigenvalue weighted by Gasteiger charge is -2.23. The average molecular weight is 384 g/mol. The van der Waals surface area contributed by atoms with Gasteiger partial charge in [-0.05, 0) is 29.8 Å². The van der Waals surface area contributed by atoms with Crippen LogP contribution in [0.15, 0.2) is 42.5 Å². The first-order valence-corrected chi connectivity index (χ1v) is 8.22. The lowest BCUT2D eigenvalue weighted by molar-refractivity contribution is -0.140. The van der Waals surface area contributed by atoms with Crippen molar-refractivity contribution in [2.45, 2.75) is 13.0 Å². The van der Waals surface area contributed by atoms with Crippen molar-refractivity contribution in [3.05, 3.63) is 69.5 Å². The second-order valence-corrected chi connectivity index (χ2v) is 6.12. The third kappa shape index (κ3) is 5.18. The van der Waals surface area contributed by atoms with Gasteiger partial charge in [0, 0.05) is 18.1 Å². The molecule has 0 bridgehead atoms. The lowest BCUT2D eigenvalue weighted by Crippen LogP contribution is -2.33. The summed E-state index contributed by atoms with van der Waals surface area (Å²) in [6.45, 7) is 0.246. The van der Waals surface area contributed by atoms with Crippen LogP contribution in [0.4, 0.5) is 4.39 Å². The summed E-state index contributed by atoms with van der Waals surface area (Å²) in [4.78, 5) is 25.6. The molecular weight excluding hydrogens is 368 g/mol. The van der Waals surface area contributed by atoms with Crippen LogP contribution >= 0.6 is 23.2 Å². The maximum atomic E-state index is 14.1. The Morgan fingerprint density at radius 3 is 2.40 bits per heavy atom. The Bertz CT molecular complexity index is 745. The van der Waals surface area contributed by atoms with Crippen molar-refractivity contribution in [1.29, 1.82) is 0 Å². The summed E-state index contributed by atoms with van der Waals surface area (Å²) in [5.74, 6) is -1.77. The maximum Gasteiger partial charge on any atom is 0.307 e. The fraction of sp³-hybridized carbons (Fsp3) is 0.222. The third-order valence-corrected chi connectivity index (χ3v) is 4.13. The first-order chi connectivity index (χ1) is 11.9. The number of halogens is 3. The molecule has 1 amide bonds. The molecule has 4 nitrogen and oxygen atoms in total. The summed E-state index contributed by atoms with van der Waals surface area (Å²) < 4.78 is 18.7. The van der Waals surface area contributed by atoms with E-state index in [9.17, 15) is 14.0 Å². The number of carbonyl (C=O) groups is 2. The number of hydrogen-bond acceptors (Lipinski definition) is 3. The van der Waals surface area contributed by atoms with Crippen molar-refractivity contribution in [2.75, 3.05) is 13.7 Å². The van der Waals surface area contributed by atoms with Gasteiger partial charge in [-0.1, -0.05) is 41.4 Å². The van der Waals surface area contributed by atoms with Crippen LogP contribution in [-0.2, 0) is 16.1 Å². The van der Waals surface area contributed by atoms with Crippen molar-refractivity contribution in [1.82, 2.24) is 4.90 Å². The van der Waals surface area contributed by atoms with Crippen LogP contribution in [0.3, 0.4) is 0 Å². The zero-order valence-electron chi connectivity index (χ0n) is 13.5. The molecule has 2 aromatic carbocycles. The van der Waals surface area contributed by atoms with Crippen LogP contribution in [0.2, 0.25) is 10.0 Å². The van der Waals surface area contributed by atoms with Crippen molar-refractivity contribution in [2.24, 2.45) is 0 Å². The molecule has 0 saturated carbocycles. The van der Waals surface area contributed by atoms with Crippen molar-refractivity contribution in [3.8, 4) is 0 Å². The zero-order chi connectivity index (χ0) is 18.4. The van der Waals surface area contributed by atoms with Crippen molar-refractivity contribution < 1.29 is 18.7 Å². The molecule has 0 aliphatic carbocycles. The molecule has 0 atom stereocenters. The van der Waals surface area contributed by atoms with E-state index in [-0.39, 0.29) is 30.1 Å². The number of rotatable bonds is 6. The van der Waals surface area contributed by atoms with E-state index >= 15 is 0 Å². The van der Waals surface area contributed by atoms with Crippen LogP contribution < -0.4 is 0 Å². The molecule has 0 aliphatic heterocycles. The van der Waals surface area contributed by atoms with Gasteiger partial charge in [-0.15, -0.1) is 0 Å². The molecule has 2 aromatic rings. The van der Waals surface area contributed by atoms with Gasteiger partial charge < -0.3 is 9.64 Å². The van der Waals surface area contributed by atoms with Crippen LogP contribution in [0.5, 0.6) is 0 Å². The number of esters is 1. The summed E-state index contributed by atoms with van der Waals surface area (Å²) in [6.07, 6.45) is -0.0120. The van der Waals surface area contributed by atoms with Crippen molar-refractivity contribution in [3.63, 3.8) is 0 Å². The summed E-state index contributed by atoms with van der Waals surface area (Å²) in [7, 11) is 1.27. The topological polar surface area (TPSA) is 46.6 Å². The molecule has 7 heteroatoms. The molecular formula is C18H16Cl2FNO3. The Balaban J connectivity index is 2.27. The highest BCUT2D eigenvalue weighted by Gasteiger charge is 2.23. The predicted molar refractivity (Wildman–Crippen MR) is 94.2 cm³/mol. The Kier molecular flexibility index (Phi) is 6.79. The minimum Gasteiger partial charge on any atom is -0.469 e. The van der Waals surface area contributed by atoms with Crippen LogP contribution in [0.25, 0.3) is 0 Å². The van der Waals surface area contributed by atoms with Crippen molar-refractivity contribution >= 4 is 35.1 Å². The third-order valence-electron chi connectivity index (χ3n) is 3.56. The van der Waals surface area contributed by atoms with Gasteiger partial charge in [0.15, 0.2) is 0 Å². The van der Waals surface area contributed by atoms with Gasteiger partial charge in [-0.3, -0.25) is 9.59 Å². The zero-order valence-corrected chi connectivity index (χ0v) is 15.0. The largest absolute Gasteiger partial charge is 0.469 e. The minimum absolute atomic E-state index is 0.0120. The number of methoxy groups -OCH3 is 1. The van der Waals surface area contributed by atoms with Gasteiger partial charge in [0.25, 0.3) is 5.91 Å². The fourth-order valence-electron chi connectivity index (χ4n) is 2.25. The molecule has 0 radical (unpaired) electrons. The molecule has 0 spiro atoms. The molecule has 0 N–H and O–H groups in total. The van der Waals surface area contributed by atoms with Crippen LogP contribution in [0.1, 0.15) is 22.3 Å².